The van der Waals surface area contributed by atoms with E-state index in [1.165, 1.54) is 6.20 Å². The third-order valence-corrected chi connectivity index (χ3v) is 2.27. The van der Waals surface area contributed by atoms with E-state index in [1.54, 1.807) is 12.3 Å². The van der Waals surface area contributed by atoms with E-state index in [0.29, 0.717) is 11.6 Å². The number of nitro groups is 1. The van der Waals surface area contributed by atoms with Crippen LogP contribution in [-0.2, 0) is 0 Å². The van der Waals surface area contributed by atoms with E-state index in [0.717, 1.165) is 19.4 Å². The summed E-state index contributed by atoms with van der Waals surface area (Å²) in [5.41, 5.74) is 0.579. The summed E-state index contributed by atoms with van der Waals surface area (Å²) in [5, 5.41) is 13.8. The SMILES string of the molecule is CC(C)CCCNc1ccncc1[N+](=O)[O-]. The molecule has 0 fully saturated rings. The lowest BCUT2D eigenvalue weighted by Crippen LogP contribution is -2.05. The van der Waals surface area contributed by atoms with Gasteiger partial charge < -0.3 is 5.32 Å². The molecule has 0 amide bonds. The lowest BCUT2D eigenvalue weighted by Gasteiger charge is -2.07. The average molecular weight is 223 g/mol. The smallest absolute Gasteiger partial charge is 0.310 e. The van der Waals surface area contributed by atoms with Crippen molar-refractivity contribution < 1.29 is 4.92 Å². The predicted molar refractivity (Wildman–Crippen MR) is 63.5 cm³/mol. The van der Waals surface area contributed by atoms with E-state index in [1.807, 2.05) is 0 Å². The summed E-state index contributed by atoms with van der Waals surface area (Å²) in [4.78, 5) is 14.0. The van der Waals surface area contributed by atoms with Crippen molar-refractivity contribution in [3.05, 3.63) is 28.6 Å². The van der Waals surface area contributed by atoms with Crippen LogP contribution in [-0.4, -0.2) is 16.5 Å². The minimum absolute atomic E-state index is 0.0343. The van der Waals surface area contributed by atoms with Crippen LogP contribution in [0.3, 0.4) is 0 Å². The van der Waals surface area contributed by atoms with Gasteiger partial charge in [0.1, 0.15) is 11.9 Å². The molecule has 0 aliphatic rings. The van der Waals surface area contributed by atoms with Crippen molar-refractivity contribution in [2.75, 3.05) is 11.9 Å². The Morgan fingerprint density at radius 1 is 1.56 bits per heavy atom. The van der Waals surface area contributed by atoms with Gasteiger partial charge in [0.2, 0.25) is 0 Å². The van der Waals surface area contributed by atoms with Crippen LogP contribution < -0.4 is 5.32 Å². The molecule has 1 rings (SSSR count). The molecule has 0 bridgehead atoms. The molecule has 0 spiro atoms. The molecular formula is C11H17N3O2. The van der Waals surface area contributed by atoms with Crippen molar-refractivity contribution in [2.24, 2.45) is 5.92 Å². The highest BCUT2D eigenvalue weighted by Crippen LogP contribution is 2.21. The van der Waals surface area contributed by atoms with E-state index in [2.05, 4.69) is 24.1 Å². The van der Waals surface area contributed by atoms with Crippen molar-refractivity contribution in [3.8, 4) is 0 Å². The Labute approximate surface area is 95.0 Å². The first-order chi connectivity index (χ1) is 7.61. The van der Waals surface area contributed by atoms with Crippen molar-refractivity contribution in [1.29, 1.82) is 0 Å². The van der Waals surface area contributed by atoms with Crippen molar-refractivity contribution >= 4 is 11.4 Å². The largest absolute Gasteiger partial charge is 0.379 e. The maximum atomic E-state index is 10.7. The molecule has 88 valence electrons. The Hall–Kier alpha value is -1.65. The summed E-state index contributed by atoms with van der Waals surface area (Å²) in [5.74, 6) is 0.661. The molecule has 0 saturated heterocycles. The Bertz CT molecular complexity index is 353. The summed E-state index contributed by atoms with van der Waals surface area (Å²) in [7, 11) is 0. The second-order valence-corrected chi connectivity index (χ2v) is 4.11. The van der Waals surface area contributed by atoms with Gasteiger partial charge in [0, 0.05) is 12.7 Å². The van der Waals surface area contributed by atoms with Gasteiger partial charge in [-0.2, -0.15) is 0 Å². The van der Waals surface area contributed by atoms with Gasteiger partial charge in [0.05, 0.1) is 4.92 Å². The van der Waals surface area contributed by atoms with Crippen LogP contribution in [0.15, 0.2) is 18.5 Å². The van der Waals surface area contributed by atoms with Crippen molar-refractivity contribution in [1.82, 2.24) is 4.98 Å². The van der Waals surface area contributed by atoms with E-state index in [-0.39, 0.29) is 5.69 Å². The van der Waals surface area contributed by atoms with Gasteiger partial charge in [-0.25, -0.2) is 0 Å². The first-order valence-corrected chi connectivity index (χ1v) is 5.43. The highest BCUT2D eigenvalue weighted by atomic mass is 16.6. The highest BCUT2D eigenvalue weighted by Gasteiger charge is 2.12. The lowest BCUT2D eigenvalue weighted by atomic mass is 10.1. The zero-order chi connectivity index (χ0) is 12.0. The number of rotatable bonds is 6. The number of hydrogen-bond donors (Lipinski definition) is 1. The molecule has 0 radical (unpaired) electrons. The molecule has 16 heavy (non-hydrogen) atoms. The first-order valence-electron chi connectivity index (χ1n) is 5.43. The number of anilines is 1. The van der Waals surface area contributed by atoms with E-state index in [4.69, 9.17) is 0 Å². The Morgan fingerprint density at radius 2 is 2.31 bits per heavy atom. The molecule has 0 aliphatic carbocycles. The van der Waals surface area contributed by atoms with Crippen LogP contribution in [0.25, 0.3) is 0 Å². The second kappa shape index (κ2) is 6.05. The average Bonchev–Trinajstić information content (AvgIpc) is 2.24. The van der Waals surface area contributed by atoms with Crippen molar-refractivity contribution in [3.63, 3.8) is 0 Å². The molecular weight excluding hydrogens is 206 g/mol. The van der Waals surface area contributed by atoms with Gasteiger partial charge in [-0.3, -0.25) is 15.1 Å². The normalized spacial score (nSPS) is 10.4. The van der Waals surface area contributed by atoms with Gasteiger partial charge >= 0.3 is 5.69 Å². The molecule has 0 aliphatic heterocycles. The summed E-state index contributed by atoms with van der Waals surface area (Å²) < 4.78 is 0. The van der Waals surface area contributed by atoms with E-state index >= 15 is 0 Å². The second-order valence-electron chi connectivity index (χ2n) is 4.11. The van der Waals surface area contributed by atoms with Crippen LogP contribution in [0.1, 0.15) is 26.7 Å². The summed E-state index contributed by atoms with van der Waals surface area (Å²) >= 11 is 0. The minimum atomic E-state index is -0.419. The van der Waals surface area contributed by atoms with Gasteiger partial charge in [0.15, 0.2) is 0 Å². The predicted octanol–water partition coefficient (Wildman–Crippen LogP) is 2.84. The Kier molecular flexibility index (Phi) is 4.69. The number of nitrogens with one attached hydrogen (secondary N) is 1. The molecule has 5 nitrogen and oxygen atoms in total. The summed E-state index contributed by atoms with van der Waals surface area (Å²) in [6, 6.07) is 1.63. The molecule has 0 atom stereocenters. The molecule has 1 aromatic rings. The summed E-state index contributed by atoms with van der Waals surface area (Å²) in [6.45, 7) is 5.08. The summed E-state index contributed by atoms with van der Waals surface area (Å²) in [6.07, 6.45) is 4.95. The zero-order valence-electron chi connectivity index (χ0n) is 9.64. The molecule has 5 heteroatoms. The van der Waals surface area contributed by atoms with Crippen LogP contribution in [0.4, 0.5) is 11.4 Å². The third-order valence-electron chi connectivity index (χ3n) is 2.27. The monoisotopic (exact) mass is 223 g/mol. The molecule has 0 saturated carbocycles. The van der Waals surface area contributed by atoms with Crippen LogP contribution >= 0.6 is 0 Å². The standard InChI is InChI=1S/C11H17N3O2/c1-9(2)4-3-6-13-10-5-7-12-8-11(10)14(15)16/h5,7-9H,3-4,6H2,1-2H3,(H,12,13). The number of pyridine rings is 1. The number of hydrogen-bond acceptors (Lipinski definition) is 4. The molecule has 1 N–H and O–H groups in total. The van der Waals surface area contributed by atoms with E-state index < -0.39 is 4.92 Å². The Balaban J connectivity index is 2.50. The molecule has 1 aromatic heterocycles. The van der Waals surface area contributed by atoms with Gasteiger partial charge in [-0.15, -0.1) is 0 Å². The molecule has 0 unspecified atom stereocenters. The fourth-order valence-electron chi connectivity index (χ4n) is 1.41. The fraction of sp³-hybridized carbons (Fsp3) is 0.545. The lowest BCUT2D eigenvalue weighted by molar-refractivity contribution is -0.384. The fourth-order valence-corrected chi connectivity index (χ4v) is 1.41. The van der Waals surface area contributed by atoms with Crippen LogP contribution in [0.5, 0.6) is 0 Å². The van der Waals surface area contributed by atoms with Crippen LogP contribution in [0.2, 0.25) is 0 Å². The topological polar surface area (TPSA) is 68.1 Å². The maximum Gasteiger partial charge on any atom is 0.310 e. The number of nitrogens with zero attached hydrogens (tertiary/aromatic N) is 2. The maximum absolute atomic E-state index is 10.7. The Morgan fingerprint density at radius 3 is 2.94 bits per heavy atom. The van der Waals surface area contributed by atoms with Gasteiger partial charge in [-0.05, 0) is 24.8 Å². The molecule has 0 aromatic carbocycles. The quantitative estimate of drug-likeness (QED) is 0.457. The number of aromatic nitrogens is 1. The highest BCUT2D eigenvalue weighted by molar-refractivity contribution is 5.59. The van der Waals surface area contributed by atoms with Crippen molar-refractivity contribution in [2.45, 2.75) is 26.7 Å². The third kappa shape index (κ3) is 3.84. The van der Waals surface area contributed by atoms with Gasteiger partial charge in [-0.1, -0.05) is 13.8 Å². The minimum Gasteiger partial charge on any atom is -0.379 e. The van der Waals surface area contributed by atoms with Crippen LogP contribution in [0, 0.1) is 16.0 Å². The zero-order valence-corrected chi connectivity index (χ0v) is 9.64. The first kappa shape index (κ1) is 12.4. The molecule has 1 heterocycles. The van der Waals surface area contributed by atoms with E-state index in [9.17, 15) is 10.1 Å². The van der Waals surface area contributed by atoms with Gasteiger partial charge in [0.25, 0.3) is 0 Å².